The van der Waals surface area contributed by atoms with Crippen LogP contribution in [0.15, 0.2) is 18.5 Å². The highest BCUT2D eigenvalue weighted by Gasteiger charge is 2.26. The topological polar surface area (TPSA) is 59.2 Å². The molecule has 0 atom stereocenters. The van der Waals surface area contributed by atoms with Gasteiger partial charge in [-0.25, -0.2) is 0 Å². The predicted octanol–water partition coefficient (Wildman–Crippen LogP) is 2.02. The minimum Gasteiger partial charge on any atom is -0.397 e. The maximum atomic E-state index is 12.4. The van der Waals surface area contributed by atoms with E-state index >= 15 is 0 Å². The molecule has 18 heavy (non-hydrogen) atoms. The third-order valence-corrected chi connectivity index (χ3v) is 4.58. The van der Waals surface area contributed by atoms with Crippen LogP contribution in [0.2, 0.25) is 0 Å². The molecule has 0 saturated carbocycles. The molecule has 0 aliphatic carbocycles. The maximum absolute atomic E-state index is 12.4. The van der Waals surface area contributed by atoms with Gasteiger partial charge in [0.2, 0.25) is 0 Å². The number of carbonyl (C=O) groups is 1. The van der Waals surface area contributed by atoms with Crippen molar-refractivity contribution >= 4 is 23.4 Å². The molecule has 5 heteroatoms. The summed E-state index contributed by atoms with van der Waals surface area (Å²) in [5.74, 6) is 0.997. The Kier molecular flexibility index (Phi) is 3.80. The Bertz CT molecular complexity index is 448. The zero-order chi connectivity index (χ0) is 13.2. The molecule has 0 unspecified atom stereocenters. The van der Waals surface area contributed by atoms with Gasteiger partial charge >= 0.3 is 0 Å². The number of hydrogen-bond donors (Lipinski definition) is 1. The van der Waals surface area contributed by atoms with Gasteiger partial charge in [-0.15, -0.1) is 0 Å². The van der Waals surface area contributed by atoms with E-state index in [1.54, 1.807) is 12.3 Å². The summed E-state index contributed by atoms with van der Waals surface area (Å²) >= 11 is 1.92. The van der Waals surface area contributed by atoms with E-state index in [9.17, 15) is 4.79 Å². The third kappa shape index (κ3) is 2.96. The van der Waals surface area contributed by atoms with Gasteiger partial charge < -0.3 is 10.6 Å². The van der Waals surface area contributed by atoms with Crippen molar-refractivity contribution in [2.75, 3.05) is 24.6 Å². The fraction of sp³-hybridized carbons (Fsp3) is 0.538. The molecule has 1 amide bonds. The highest BCUT2D eigenvalue weighted by atomic mass is 32.2. The zero-order valence-corrected chi connectivity index (χ0v) is 11.7. The standard InChI is InChI=1S/C13H19N3OS/c1-13(2)4-6-16(7-8-18-13)12(17)10-3-5-15-9-11(10)14/h3,5,9H,4,6-8,14H2,1-2H3. The lowest BCUT2D eigenvalue weighted by atomic mass is 10.1. The first-order valence-corrected chi connectivity index (χ1v) is 7.11. The fourth-order valence-corrected chi connectivity index (χ4v) is 3.10. The summed E-state index contributed by atoms with van der Waals surface area (Å²) in [7, 11) is 0. The van der Waals surface area contributed by atoms with E-state index in [0.717, 1.165) is 25.3 Å². The molecule has 0 aromatic carbocycles. The van der Waals surface area contributed by atoms with Crippen molar-refractivity contribution in [3.63, 3.8) is 0 Å². The van der Waals surface area contributed by atoms with Gasteiger partial charge in [-0.1, -0.05) is 13.8 Å². The van der Waals surface area contributed by atoms with E-state index in [1.165, 1.54) is 6.20 Å². The van der Waals surface area contributed by atoms with Crippen molar-refractivity contribution < 1.29 is 4.79 Å². The van der Waals surface area contributed by atoms with E-state index in [4.69, 9.17) is 5.73 Å². The monoisotopic (exact) mass is 265 g/mol. The van der Waals surface area contributed by atoms with Crippen molar-refractivity contribution in [2.45, 2.75) is 25.0 Å². The van der Waals surface area contributed by atoms with Crippen LogP contribution >= 0.6 is 11.8 Å². The summed E-state index contributed by atoms with van der Waals surface area (Å²) in [5, 5.41) is 0. The maximum Gasteiger partial charge on any atom is 0.256 e. The number of hydrogen-bond acceptors (Lipinski definition) is 4. The summed E-state index contributed by atoms with van der Waals surface area (Å²) in [6.45, 7) is 6.04. The highest BCUT2D eigenvalue weighted by Crippen LogP contribution is 2.31. The fourth-order valence-electron chi connectivity index (χ4n) is 2.00. The number of nitrogens with two attached hydrogens (primary N) is 1. The van der Waals surface area contributed by atoms with Crippen molar-refractivity contribution in [1.29, 1.82) is 0 Å². The summed E-state index contributed by atoms with van der Waals surface area (Å²) in [6, 6.07) is 1.70. The van der Waals surface area contributed by atoms with Gasteiger partial charge in [0.05, 0.1) is 17.4 Å². The number of aromatic nitrogens is 1. The highest BCUT2D eigenvalue weighted by molar-refractivity contribution is 8.00. The minimum atomic E-state index is 0.0215. The van der Waals surface area contributed by atoms with Crippen molar-refractivity contribution in [3.05, 3.63) is 24.0 Å². The van der Waals surface area contributed by atoms with E-state index in [2.05, 4.69) is 18.8 Å². The van der Waals surface area contributed by atoms with Crippen LogP contribution in [0.25, 0.3) is 0 Å². The predicted molar refractivity (Wildman–Crippen MR) is 75.7 cm³/mol. The lowest BCUT2D eigenvalue weighted by Crippen LogP contribution is -2.34. The van der Waals surface area contributed by atoms with Crippen LogP contribution in [-0.2, 0) is 0 Å². The molecule has 0 radical (unpaired) electrons. The van der Waals surface area contributed by atoms with Crippen LogP contribution in [0.3, 0.4) is 0 Å². The first-order chi connectivity index (χ1) is 8.49. The Morgan fingerprint density at radius 2 is 2.28 bits per heavy atom. The lowest BCUT2D eigenvalue weighted by Gasteiger charge is -2.23. The second kappa shape index (κ2) is 5.18. The molecule has 98 valence electrons. The van der Waals surface area contributed by atoms with Gasteiger partial charge in [0.1, 0.15) is 0 Å². The van der Waals surface area contributed by atoms with Gasteiger partial charge in [-0.3, -0.25) is 9.78 Å². The smallest absolute Gasteiger partial charge is 0.256 e. The number of carbonyl (C=O) groups excluding carboxylic acids is 1. The molecule has 0 bridgehead atoms. The van der Waals surface area contributed by atoms with Crippen LogP contribution in [0.1, 0.15) is 30.6 Å². The number of amides is 1. The van der Waals surface area contributed by atoms with E-state index in [-0.39, 0.29) is 10.7 Å². The molecule has 2 N–H and O–H groups in total. The first kappa shape index (κ1) is 13.2. The van der Waals surface area contributed by atoms with Crippen LogP contribution in [0, 0.1) is 0 Å². The molecule has 1 aromatic heterocycles. The number of pyridine rings is 1. The molecule has 4 nitrogen and oxygen atoms in total. The number of anilines is 1. The molecule has 1 fully saturated rings. The Balaban J connectivity index is 2.13. The van der Waals surface area contributed by atoms with Crippen LogP contribution in [0.4, 0.5) is 5.69 Å². The largest absolute Gasteiger partial charge is 0.397 e. The number of nitrogen functional groups attached to an aromatic ring is 1. The van der Waals surface area contributed by atoms with Gasteiger partial charge in [0.15, 0.2) is 0 Å². The van der Waals surface area contributed by atoms with Gasteiger partial charge in [0.25, 0.3) is 5.91 Å². The summed E-state index contributed by atoms with van der Waals surface area (Å²) in [6.07, 6.45) is 4.15. The normalized spacial score (nSPS) is 19.3. The third-order valence-electron chi connectivity index (χ3n) is 3.21. The average molecular weight is 265 g/mol. The SMILES string of the molecule is CC1(C)CCN(C(=O)c2ccncc2N)CCS1. The van der Waals surface area contributed by atoms with Crippen molar-refractivity contribution in [2.24, 2.45) is 0 Å². The average Bonchev–Trinajstić information content (AvgIpc) is 2.50. The van der Waals surface area contributed by atoms with E-state index in [1.807, 2.05) is 16.7 Å². The molecule has 1 aromatic rings. The first-order valence-electron chi connectivity index (χ1n) is 6.12. The molecule has 1 saturated heterocycles. The Morgan fingerprint density at radius 1 is 1.50 bits per heavy atom. The van der Waals surface area contributed by atoms with Gasteiger partial charge in [-0.2, -0.15) is 11.8 Å². The quantitative estimate of drug-likeness (QED) is 0.844. The summed E-state index contributed by atoms with van der Waals surface area (Å²) in [4.78, 5) is 18.2. The molecule has 1 aliphatic heterocycles. The van der Waals surface area contributed by atoms with Crippen LogP contribution in [0.5, 0.6) is 0 Å². The molecular weight excluding hydrogens is 246 g/mol. The van der Waals surface area contributed by atoms with E-state index in [0.29, 0.717) is 11.3 Å². The Hall–Kier alpha value is -1.23. The molecule has 2 rings (SSSR count). The van der Waals surface area contributed by atoms with Crippen molar-refractivity contribution in [1.82, 2.24) is 9.88 Å². The lowest BCUT2D eigenvalue weighted by molar-refractivity contribution is 0.0765. The molecule has 2 heterocycles. The van der Waals surface area contributed by atoms with Gasteiger partial charge in [0, 0.05) is 29.8 Å². The molecular formula is C13H19N3OS. The second-order valence-corrected chi connectivity index (χ2v) is 6.92. The molecule has 0 spiro atoms. The second-order valence-electron chi connectivity index (χ2n) is 5.11. The number of thioether (sulfide) groups is 1. The van der Waals surface area contributed by atoms with E-state index < -0.39 is 0 Å². The van der Waals surface area contributed by atoms with Crippen molar-refractivity contribution in [3.8, 4) is 0 Å². The summed E-state index contributed by atoms with van der Waals surface area (Å²) < 4.78 is 0.249. The number of rotatable bonds is 1. The summed E-state index contributed by atoms with van der Waals surface area (Å²) in [5.41, 5.74) is 6.83. The Labute approximate surface area is 112 Å². The molecule has 1 aliphatic rings. The van der Waals surface area contributed by atoms with Gasteiger partial charge in [-0.05, 0) is 12.5 Å². The van der Waals surface area contributed by atoms with Crippen LogP contribution < -0.4 is 5.73 Å². The van der Waals surface area contributed by atoms with Crippen LogP contribution in [-0.4, -0.2) is 39.4 Å². The number of nitrogens with zero attached hydrogens (tertiary/aromatic N) is 2. The Morgan fingerprint density at radius 3 is 3.00 bits per heavy atom. The zero-order valence-electron chi connectivity index (χ0n) is 10.8. The minimum absolute atomic E-state index is 0.0215.